The van der Waals surface area contributed by atoms with Gasteiger partial charge in [0.05, 0.1) is 11.1 Å². The van der Waals surface area contributed by atoms with Crippen LogP contribution in [0.15, 0.2) is 18.2 Å². The molecule has 0 saturated carbocycles. The highest BCUT2D eigenvalue weighted by molar-refractivity contribution is 6.32. The highest BCUT2D eigenvalue weighted by atomic mass is 35.5. The normalized spacial score (nSPS) is 28.5. The van der Waals surface area contributed by atoms with Gasteiger partial charge in [-0.1, -0.05) is 17.7 Å². The predicted molar refractivity (Wildman–Crippen MR) is 68.4 cm³/mol. The minimum atomic E-state index is 0.0182. The molecule has 2 unspecified atom stereocenters. The van der Waals surface area contributed by atoms with Crippen LogP contribution in [-0.2, 0) is 11.3 Å². The molecule has 0 spiro atoms. The molecule has 3 nitrogen and oxygen atoms in total. The Hall–Kier alpha value is -0.770. The zero-order valence-corrected chi connectivity index (χ0v) is 10.9. The Balaban J connectivity index is 2.00. The summed E-state index contributed by atoms with van der Waals surface area (Å²) in [4.78, 5) is 0. The van der Waals surface area contributed by atoms with Crippen LogP contribution >= 0.6 is 11.6 Å². The van der Waals surface area contributed by atoms with Crippen molar-refractivity contribution in [1.82, 2.24) is 5.32 Å². The predicted octanol–water partition coefficient (Wildman–Crippen LogP) is 2.70. The largest absolute Gasteiger partial charge is 0.506 e. The van der Waals surface area contributed by atoms with Crippen molar-refractivity contribution in [3.63, 3.8) is 0 Å². The Morgan fingerprint density at radius 1 is 1.59 bits per heavy atom. The minimum absolute atomic E-state index is 0.0182. The average molecular weight is 256 g/mol. The topological polar surface area (TPSA) is 41.5 Å². The maximum atomic E-state index is 9.34. The fourth-order valence-electron chi connectivity index (χ4n) is 2.03. The molecule has 1 heterocycles. The zero-order chi connectivity index (χ0) is 12.5. The van der Waals surface area contributed by atoms with E-state index in [4.69, 9.17) is 16.3 Å². The van der Waals surface area contributed by atoms with Gasteiger partial charge in [-0.15, -0.1) is 0 Å². The summed E-state index contributed by atoms with van der Waals surface area (Å²) in [6, 6.07) is 5.28. The van der Waals surface area contributed by atoms with Gasteiger partial charge in [-0.05, 0) is 38.0 Å². The van der Waals surface area contributed by atoms with Crippen LogP contribution in [0.5, 0.6) is 5.75 Å². The number of benzene rings is 1. The Bertz CT molecular complexity index is 410. The summed E-state index contributed by atoms with van der Waals surface area (Å²) >= 11 is 5.87. The molecule has 1 aliphatic rings. The minimum Gasteiger partial charge on any atom is -0.506 e. The molecule has 2 atom stereocenters. The molecule has 0 aliphatic carbocycles. The summed E-state index contributed by atoms with van der Waals surface area (Å²) < 4.78 is 5.57. The van der Waals surface area contributed by atoms with E-state index in [-0.39, 0.29) is 17.4 Å². The lowest BCUT2D eigenvalue weighted by Crippen LogP contribution is -2.47. The van der Waals surface area contributed by atoms with E-state index in [1.807, 2.05) is 6.07 Å². The molecule has 1 aromatic carbocycles. The van der Waals surface area contributed by atoms with Crippen LogP contribution in [0.25, 0.3) is 0 Å². The molecular formula is C13H18ClNO2. The van der Waals surface area contributed by atoms with Gasteiger partial charge >= 0.3 is 0 Å². The molecule has 0 radical (unpaired) electrons. The summed E-state index contributed by atoms with van der Waals surface area (Å²) in [5.74, 6) is 0.124. The van der Waals surface area contributed by atoms with E-state index in [0.717, 1.165) is 25.1 Å². The van der Waals surface area contributed by atoms with Crippen molar-refractivity contribution in [1.29, 1.82) is 0 Å². The number of halogens is 1. The lowest BCUT2D eigenvalue weighted by Gasteiger charge is -2.29. The van der Waals surface area contributed by atoms with Crippen molar-refractivity contribution in [2.45, 2.75) is 38.5 Å². The van der Waals surface area contributed by atoms with Crippen LogP contribution in [0.2, 0.25) is 5.02 Å². The van der Waals surface area contributed by atoms with Crippen LogP contribution in [0.3, 0.4) is 0 Å². The number of hydrogen-bond acceptors (Lipinski definition) is 3. The number of hydrogen-bond donors (Lipinski definition) is 2. The lowest BCUT2D eigenvalue weighted by molar-refractivity contribution is 0.0881. The molecule has 0 bridgehead atoms. The van der Waals surface area contributed by atoms with E-state index in [1.165, 1.54) is 0 Å². The van der Waals surface area contributed by atoms with Crippen LogP contribution < -0.4 is 5.32 Å². The second-order valence-corrected chi connectivity index (χ2v) is 5.23. The van der Waals surface area contributed by atoms with E-state index in [0.29, 0.717) is 5.02 Å². The highest BCUT2D eigenvalue weighted by Crippen LogP contribution is 2.27. The Labute approximate surface area is 107 Å². The molecule has 17 heavy (non-hydrogen) atoms. The molecule has 1 aliphatic heterocycles. The first-order chi connectivity index (χ1) is 8.01. The van der Waals surface area contributed by atoms with Crippen molar-refractivity contribution in [3.8, 4) is 5.75 Å². The van der Waals surface area contributed by atoms with Gasteiger partial charge in [0.25, 0.3) is 0 Å². The zero-order valence-electron chi connectivity index (χ0n) is 10.2. The molecule has 1 saturated heterocycles. The summed E-state index contributed by atoms with van der Waals surface area (Å²) in [6.07, 6.45) is 1.23. The van der Waals surface area contributed by atoms with Crippen LogP contribution in [0.4, 0.5) is 0 Å². The van der Waals surface area contributed by atoms with Crippen LogP contribution in [0, 0.1) is 0 Å². The van der Waals surface area contributed by atoms with Gasteiger partial charge in [-0.3, -0.25) is 0 Å². The van der Waals surface area contributed by atoms with Gasteiger partial charge < -0.3 is 15.2 Å². The van der Waals surface area contributed by atoms with Crippen molar-refractivity contribution in [2.24, 2.45) is 0 Å². The second-order valence-electron chi connectivity index (χ2n) is 4.82. The number of phenols is 1. The SMILES string of the molecule is CC1OCCC1(C)NCc1ccc(O)c(Cl)c1. The van der Waals surface area contributed by atoms with Crippen molar-refractivity contribution in [3.05, 3.63) is 28.8 Å². The van der Waals surface area contributed by atoms with Gasteiger partial charge in [0.15, 0.2) is 0 Å². The standard InChI is InChI=1S/C13H18ClNO2/c1-9-13(2,5-6-17-9)15-8-10-3-4-12(16)11(14)7-10/h3-4,7,9,15-16H,5-6,8H2,1-2H3. The maximum Gasteiger partial charge on any atom is 0.134 e. The molecule has 2 rings (SSSR count). The Morgan fingerprint density at radius 3 is 2.94 bits per heavy atom. The average Bonchev–Trinajstić information content (AvgIpc) is 2.62. The second kappa shape index (κ2) is 4.84. The summed E-state index contributed by atoms with van der Waals surface area (Å²) in [7, 11) is 0. The summed E-state index contributed by atoms with van der Waals surface area (Å²) in [5.41, 5.74) is 1.08. The number of ether oxygens (including phenoxy) is 1. The highest BCUT2D eigenvalue weighted by Gasteiger charge is 2.36. The smallest absolute Gasteiger partial charge is 0.134 e. The molecule has 0 aromatic heterocycles. The molecular weight excluding hydrogens is 238 g/mol. The molecule has 1 aromatic rings. The number of nitrogens with one attached hydrogen (secondary N) is 1. The van der Waals surface area contributed by atoms with E-state index in [1.54, 1.807) is 12.1 Å². The van der Waals surface area contributed by atoms with Gasteiger partial charge in [-0.2, -0.15) is 0 Å². The van der Waals surface area contributed by atoms with Crippen molar-refractivity contribution < 1.29 is 9.84 Å². The number of phenolic OH excluding ortho intramolecular Hbond substituents is 1. The monoisotopic (exact) mass is 255 g/mol. The third-order valence-electron chi connectivity index (χ3n) is 3.59. The quantitative estimate of drug-likeness (QED) is 0.873. The first-order valence-electron chi connectivity index (χ1n) is 5.85. The maximum absolute atomic E-state index is 9.34. The Kier molecular flexibility index (Phi) is 3.61. The van der Waals surface area contributed by atoms with Crippen LogP contribution in [-0.4, -0.2) is 23.4 Å². The van der Waals surface area contributed by atoms with Gasteiger partial charge in [0.1, 0.15) is 5.75 Å². The third kappa shape index (κ3) is 2.73. The molecule has 0 amide bonds. The first-order valence-corrected chi connectivity index (χ1v) is 6.23. The van der Waals surface area contributed by atoms with E-state index >= 15 is 0 Å². The fourth-order valence-corrected chi connectivity index (χ4v) is 2.23. The number of rotatable bonds is 3. The molecule has 1 fully saturated rings. The van der Waals surface area contributed by atoms with E-state index in [2.05, 4.69) is 19.2 Å². The van der Waals surface area contributed by atoms with Crippen molar-refractivity contribution in [2.75, 3.05) is 6.61 Å². The molecule has 94 valence electrons. The van der Waals surface area contributed by atoms with Gasteiger partial charge in [-0.25, -0.2) is 0 Å². The third-order valence-corrected chi connectivity index (χ3v) is 3.90. The fraction of sp³-hybridized carbons (Fsp3) is 0.538. The summed E-state index contributed by atoms with van der Waals surface area (Å²) in [5, 5.41) is 13.2. The summed E-state index contributed by atoms with van der Waals surface area (Å²) in [6.45, 7) is 5.79. The van der Waals surface area contributed by atoms with E-state index < -0.39 is 0 Å². The van der Waals surface area contributed by atoms with Crippen LogP contribution in [0.1, 0.15) is 25.8 Å². The lowest BCUT2D eigenvalue weighted by atomic mass is 9.94. The number of aromatic hydroxyl groups is 1. The first kappa shape index (κ1) is 12.7. The van der Waals surface area contributed by atoms with Gasteiger partial charge in [0, 0.05) is 18.7 Å². The van der Waals surface area contributed by atoms with Crippen molar-refractivity contribution >= 4 is 11.6 Å². The Morgan fingerprint density at radius 2 is 2.35 bits per heavy atom. The molecule has 2 N–H and O–H groups in total. The molecule has 4 heteroatoms. The van der Waals surface area contributed by atoms with Gasteiger partial charge in [0.2, 0.25) is 0 Å². The van der Waals surface area contributed by atoms with E-state index in [9.17, 15) is 5.11 Å².